The lowest BCUT2D eigenvalue weighted by Gasteiger charge is -2.33. The highest BCUT2D eigenvalue weighted by molar-refractivity contribution is 5.41. The van der Waals surface area contributed by atoms with E-state index in [0.717, 1.165) is 37.3 Å². The summed E-state index contributed by atoms with van der Waals surface area (Å²) in [5, 5.41) is 7.06. The summed E-state index contributed by atoms with van der Waals surface area (Å²) in [6, 6.07) is 2.26. The molecule has 5 heteroatoms. The van der Waals surface area contributed by atoms with E-state index in [-0.39, 0.29) is 0 Å². The van der Waals surface area contributed by atoms with Crippen LogP contribution >= 0.6 is 0 Å². The van der Waals surface area contributed by atoms with Crippen molar-refractivity contribution in [3.05, 3.63) is 18.1 Å². The molecule has 0 aromatic carbocycles. The van der Waals surface area contributed by atoms with E-state index in [0.29, 0.717) is 12.1 Å². The maximum Gasteiger partial charge on any atom is 0.133 e. The molecular formula is C19H31N5. The van der Waals surface area contributed by atoms with Crippen LogP contribution in [0.15, 0.2) is 12.4 Å². The molecule has 2 bridgehead atoms. The van der Waals surface area contributed by atoms with Crippen molar-refractivity contribution in [2.45, 2.75) is 57.0 Å². The van der Waals surface area contributed by atoms with Gasteiger partial charge < -0.3 is 15.5 Å². The van der Waals surface area contributed by atoms with Crippen LogP contribution in [-0.4, -0.2) is 42.8 Å². The van der Waals surface area contributed by atoms with Gasteiger partial charge in [-0.1, -0.05) is 12.8 Å². The van der Waals surface area contributed by atoms with Gasteiger partial charge in [-0.2, -0.15) is 0 Å². The van der Waals surface area contributed by atoms with E-state index < -0.39 is 0 Å². The number of hydrogen-bond donors (Lipinski definition) is 2. The van der Waals surface area contributed by atoms with Crippen LogP contribution < -0.4 is 15.5 Å². The molecule has 2 saturated heterocycles. The number of nitrogens with one attached hydrogen (secondary N) is 2. The van der Waals surface area contributed by atoms with E-state index in [4.69, 9.17) is 0 Å². The Kier molecular flexibility index (Phi) is 4.99. The zero-order valence-electron chi connectivity index (χ0n) is 14.9. The number of piperidine rings is 1. The van der Waals surface area contributed by atoms with Crippen LogP contribution in [0.1, 0.15) is 56.6 Å². The van der Waals surface area contributed by atoms with Crippen LogP contribution in [0, 0.1) is 11.8 Å². The van der Waals surface area contributed by atoms with Crippen molar-refractivity contribution in [2.24, 2.45) is 11.8 Å². The third kappa shape index (κ3) is 3.42. The second-order valence-corrected chi connectivity index (χ2v) is 7.94. The fourth-order valence-corrected chi connectivity index (χ4v) is 5.00. The van der Waals surface area contributed by atoms with Gasteiger partial charge in [0.05, 0.1) is 11.9 Å². The largest absolute Gasteiger partial charge is 0.341 e. The molecule has 1 unspecified atom stereocenters. The number of hydrogen-bond acceptors (Lipinski definition) is 5. The third-order valence-electron chi connectivity index (χ3n) is 6.30. The molecule has 2 aliphatic heterocycles. The molecule has 3 aliphatic rings. The molecule has 5 nitrogen and oxygen atoms in total. The predicted octanol–water partition coefficient (Wildman–Crippen LogP) is 2.51. The van der Waals surface area contributed by atoms with Crippen LogP contribution in [-0.2, 0) is 0 Å². The van der Waals surface area contributed by atoms with E-state index in [1.165, 1.54) is 50.6 Å². The average molecular weight is 329 g/mol. The fourth-order valence-electron chi connectivity index (χ4n) is 5.00. The molecule has 4 atom stereocenters. The van der Waals surface area contributed by atoms with Crippen LogP contribution in [0.3, 0.4) is 0 Å². The summed E-state index contributed by atoms with van der Waals surface area (Å²) in [4.78, 5) is 11.8. The van der Waals surface area contributed by atoms with E-state index in [1.54, 1.807) is 6.33 Å². The third-order valence-corrected chi connectivity index (χ3v) is 6.30. The number of aromatic nitrogens is 2. The van der Waals surface area contributed by atoms with Crippen molar-refractivity contribution in [3.63, 3.8) is 0 Å². The summed E-state index contributed by atoms with van der Waals surface area (Å²) in [6.07, 6.45) is 11.5. The summed E-state index contributed by atoms with van der Waals surface area (Å²) in [7, 11) is 2.10. The predicted molar refractivity (Wildman–Crippen MR) is 97.1 cm³/mol. The second-order valence-electron chi connectivity index (χ2n) is 7.94. The Labute approximate surface area is 145 Å². The van der Waals surface area contributed by atoms with Crippen LogP contribution in [0.25, 0.3) is 0 Å². The Morgan fingerprint density at radius 2 is 2.04 bits per heavy atom. The topological polar surface area (TPSA) is 53.1 Å². The van der Waals surface area contributed by atoms with Crippen molar-refractivity contribution in [1.82, 2.24) is 20.6 Å². The highest BCUT2D eigenvalue weighted by atomic mass is 15.3. The molecule has 132 valence electrons. The summed E-state index contributed by atoms with van der Waals surface area (Å²) < 4.78 is 0. The maximum absolute atomic E-state index is 4.67. The Morgan fingerprint density at radius 3 is 2.88 bits per heavy atom. The number of fused-ring (bicyclic) bond motifs is 2. The van der Waals surface area contributed by atoms with E-state index in [2.05, 4.69) is 38.6 Å². The molecule has 1 aliphatic carbocycles. The van der Waals surface area contributed by atoms with E-state index in [1.807, 2.05) is 0 Å². The standard InChI is InChI=1S/C19H31N5/c1-20-18-9-14-4-2-5-15(8-14)12-24(18)19-10-17(22-13-23-19)16-6-3-7-21-11-16/h10,13-16,18,20-21H,2-9,11-12H2,1H3/t14-,15-,16?,18-/m0/s1. The normalized spacial score (nSPS) is 34.0. The first-order valence-electron chi connectivity index (χ1n) is 9.80. The molecule has 1 saturated carbocycles. The molecule has 3 fully saturated rings. The smallest absolute Gasteiger partial charge is 0.133 e. The molecule has 4 rings (SSSR count). The molecule has 1 aromatic heterocycles. The highest BCUT2D eigenvalue weighted by Crippen LogP contribution is 2.37. The first kappa shape index (κ1) is 16.3. The summed E-state index contributed by atoms with van der Waals surface area (Å²) in [5.41, 5.74) is 1.22. The Morgan fingerprint density at radius 1 is 1.12 bits per heavy atom. The summed E-state index contributed by atoms with van der Waals surface area (Å²) >= 11 is 0. The monoisotopic (exact) mass is 329 g/mol. The first-order chi connectivity index (χ1) is 11.8. The minimum absolute atomic E-state index is 0.408. The fraction of sp³-hybridized carbons (Fsp3) is 0.789. The molecule has 0 radical (unpaired) electrons. The highest BCUT2D eigenvalue weighted by Gasteiger charge is 2.33. The van der Waals surface area contributed by atoms with Crippen molar-refractivity contribution >= 4 is 5.82 Å². The minimum Gasteiger partial charge on any atom is -0.341 e. The lowest BCUT2D eigenvalue weighted by molar-refractivity contribution is 0.276. The number of rotatable bonds is 3. The molecule has 1 aromatic rings. The molecule has 0 amide bonds. The van der Waals surface area contributed by atoms with Crippen LogP contribution in [0.2, 0.25) is 0 Å². The maximum atomic E-state index is 4.67. The van der Waals surface area contributed by atoms with Gasteiger partial charge in [-0.25, -0.2) is 9.97 Å². The van der Waals surface area contributed by atoms with Gasteiger partial charge in [0.25, 0.3) is 0 Å². The van der Waals surface area contributed by atoms with E-state index in [9.17, 15) is 0 Å². The van der Waals surface area contributed by atoms with Gasteiger partial charge in [-0.3, -0.25) is 0 Å². The van der Waals surface area contributed by atoms with Gasteiger partial charge in [-0.15, -0.1) is 0 Å². The van der Waals surface area contributed by atoms with E-state index >= 15 is 0 Å². The average Bonchev–Trinajstić information content (AvgIpc) is 2.77. The molecule has 0 spiro atoms. The minimum atomic E-state index is 0.408. The number of nitrogens with zero attached hydrogens (tertiary/aromatic N) is 3. The van der Waals surface area contributed by atoms with Crippen molar-refractivity contribution < 1.29 is 0 Å². The van der Waals surface area contributed by atoms with Crippen LogP contribution in [0.4, 0.5) is 5.82 Å². The quantitative estimate of drug-likeness (QED) is 0.892. The summed E-state index contributed by atoms with van der Waals surface area (Å²) in [6.45, 7) is 3.34. The Hall–Kier alpha value is -1.20. The van der Waals surface area contributed by atoms with Gasteiger partial charge >= 0.3 is 0 Å². The summed E-state index contributed by atoms with van der Waals surface area (Å²) in [5.74, 6) is 3.38. The first-order valence-corrected chi connectivity index (χ1v) is 9.80. The number of anilines is 1. The molecule has 24 heavy (non-hydrogen) atoms. The van der Waals surface area contributed by atoms with Crippen LogP contribution in [0.5, 0.6) is 0 Å². The van der Waals surface area contributed by atoms with Gasteiger partial charge in [-0.05, 0) is 57.5 Å². The lowest BCUT2D eigenvalue weighted by Crippen LogP contribution is -2.45. The molecule has 3 heterocycles. The Balaban J connectivity index is 1.58. The zero-order valence-corrected chi connectivity index (χ0v) is 14.9. The Bertz CT molecular complexity index is 542. The lowest BCUT2D eigenvalue weighted by atomic mass is 9.81. The second kappa shape index (κ2) is 7.36. The van der Waals surface area contributed by atoms with Gasteiger partial charge in [0.2, 0.25) is 0 Å². The van der Waals surface area contributed by atoms with Crippen molar-refractivity contribution in [1.29, 1.82) is 0 Å². The van der Waals surface area contributed by atoms with Crippen molar-refractivity contribution in [2.75, 3.05) is 31.6 Å². The van der Waals surface area contributed by atoms with Crippen molar-refractivity contribution in [3.8, 4) is 0 Å². The van der Waals surface area contributed by atoms with Gasteiger partial charge in [0, 0.05) is 25.1 Å². The van der Waals surface area contributed by atoms with Gasteiger partial charge in [0.1, 0.15) is 12.1 Å². The SMILES string of the molecule is CN[C@@H]1C[C@H]2CCC[C@@H](C2)CN1c1cc(C2CCCNC2)ncn1. The zero-order chi connectivity index (χ0) is 16.4. The molecule has 2 N–H and O–H groups in total. The molecular weight excluding hydrogens is 298 g/mol. The van der Waals surface area contributed by atoms with Gasteiger partial charge in [0.15, 0.2) is 0 Å².